The molecule has 33 heavy (non-hydrogen) atoms. The molecule has 0 aliphatic carbocycles. The van der Waals surface area contributed by atoms with Crippen molar-refractivity contribution in [3.8, 4) is 22.3 Å². The lowest BCUT2D eigenvalue weighted by Crippen LogP contribution is -2.23. The van der Waals surface area contributed by atoms with Crippen LogP contribution in [-0.4, -0.2) is 22.4 Å². The van der Waals surface area contributed by atoms with Crippen molar-refractivity contribution in [2.75, 3.05) is 17.2 Å². The minimum absolute atomic E-state index is 0.219. The first-order valence-electron chi connectivity index (χ1n) is 10.5. The van der Waals surface area contributed by atoms with Crippen LogP contribution >= 0.6 is 31.9 Å². The maximum absolute atomic E-state index is 11.7. The molecule has 3 heterocycles. The number of rotatable bonds is 3. The Morgan fingerprint density at radius 2 is 1.24 bits per heavy atom. The molecule has 0 atom stereocenters. The number of aromatic nitrogens is 2. The van der Waals surface area contributed by atoms with Crippen molar-refractivity contribution >= 4 is 49.1 Å². The predicted molar refractivity (Wildman–Crippen MR) is 141 cm³/mol. The van der Waals surface area contributed by atoms with Crippen molar-refractivity contribution in [3.63, 3.8) is 0 Å². The Morgan fingerprint density at radius 3 is 1.70 bits per heavy atom. The number of hydrogen-bond acceptors (Lipinski definition) is 4. The number of nitrogens with zero attached hydrogens (tertiary/aromatic N) is 3. The van der Waals surface area contributed by atoms with Gasteiger partial charge in [-0.05, 0) is 85.8 Å². The normalized spacial score (nSPS) is 12.9. The van der Waals surface area contributed by atoms with E-state index in [1.54, 1.807) is 12.4 Å². The predicted octanol–water partition coefficient (Wildman–Crippen LogP) is 6.73. The van der Waals surface area contributed by atoms with Gasteiger partial charge in [0.15, 0.2) is 0 Å². The second-order valence-corrected chi connectivity index (χ2v) is 9.43. The van der Waals surface area contributed by atoms with Crippen LogP contribution in [0.1, 0.15) is 12.8 Å². The van der Waals surface area contributed by atoms with E-state index in [2.05, 4.69) is 41.8 Å². The summed E-state index contributed by atoms with van der Waals surface area (Å²) >= 11 is 6.81. The van der Waals surface area contributed by atoms with Crippen LogP contribution < -0.4 is 10.6 Å². The summed E-state index contributed by atoms with van der Waals surface area (Å²) in [4.78, 5) is 21.8. The maximum Gasteiger partial charge on any atom is 0.227 e. The zero-order chi connectivity index (χ0) is 23.2. The summed E-state index contributed by atoms with van der Waals surface area (Å²) in [6.07, 6.45) is 8.81. The highest BCUT2D eigenvalue weighted by Gasteiger charge is 2.21. The smallest absolute Gasteiger partial charge is 0.227 e. The van der Waals surface area contributed by atoms with E-state index >= 15 is 0 Å². The van der Waals surface area contributed by atoms with Gasteiger partial charge in [0.25, 0.3) is 0 Å². The van der Waals surface area contributed by atoms with Crippen LogP contribution in [0, 0.1) is 0 Å². The van der Waals surface area contributed by atoms with Gasteiger partial charge in [-0.15, -0.1) is 0 Å². The van der Waals surface area contributed by atoms with Crippen molar-refractivity contribution in [2.45, 2.75) is 12.8 Å². The summed E-state index contributed by atoms with van der Waals surface area (Å²) in [7, 11) is 0. The number of nitrogen functional groups attached to an aromatic ring is 1. The lowest BCUT2D eigenvalue weighted by molar-refractivity contribution is -0.117. The molecule has 0 spiro atoms. The van der Waals surface area contributed by atoms with Crippen molar-refractivity contribution in [1.29, 1.82) is 0 Å². The zero-order valence-electron chi connectivity index (χ0n) is 17.8. The van der Waals surface area contributed by atoms with Gasteiger partial charge in [0.1, 0.15) is 0 Å². The van der Waals surface area contributed by atoms with Gasteiger partial charge in [-0.1, -0.05) is 24.3 Å². The first-order valence-corrected chi connectivity index (χ1v) is 12.1. The van der Waals surface area contributed by atoms with Crippen molar-refractivity contribution in [1.82, 2.24) is 9.97 Å². The van der Waals surface area contributed by atoms with E-state index in [0.717, 1.165) is 55.5 Å². The molecule has 0 unspecified atom stereocenters. The van der Waals surface area contributed by atoms with Crippen LogP contribution in [-0.2, 0) is 4.79 Å². The molecule has 0 bridgehead atoms. The Kier molecular flexibility index (Phi) is 7.52. The van der Waals surface area contributed by atoms with E-state index < -0.39 is 0 Å². The molecule has 0 radical (unpaired) electrons. The minimum atomic E-state index is 0.219. The van der Waals surface area contributed by atoms with Gasteiger partial charge in [0, 0.05) is 69.2 Å². The number of benzene rings is 2. The summed E-state index contributed by atoms with van der Waals surface area (Å²) < 4.78 is 1.94. The van der Waals surface area contributed by atoms with Gasteiger partial charge in [-0.2, -0.15) is 0 Å². The van der Waals surface area contributed by atoms with E-state index in [-0.39, 0.29) is 5.91 Å². The molecule has 5 rings (SSSR count). The summed E-state index contributed by atoms with van der Waals surface area (Å²) in [6, 6.07) is 19.9. The number of pyridine rings is 2. The van der Waals surface area contributed by atoms with E-state index in [0.29, 0.717) is 6.42 Å². The fraction of sp³-hybridized carbons (Fsp3) is 0.115. The van der Waals surface area contributed by atoms with Crippen LogP contribution in [0.3, 0.4) is 0 Å². The maximum atomic E-state index is 11.7. The number of anilines is 2. The van der Waals surface area contributed by atoms with E-state index in [9.17, 15) is 4.79 Å². The molecule has 166 valence electrons. The molecule has 0 saturated carbocycles. The molecule has 1 amide bonds. The topological polar surface area (TPSA) is 72.1 Å². The number of nitrogens with two attached hydrogens (primary N) is 1. The molecule has 2 aromatic heterocycles. The lowest BCUT2D eigenvalue weighted by Gasteiger charge is -2.15. The molecule has 1 fully saturated rings. The van der Waals surface area contributed by atoms with Crippen molar-refractivity contribution < 1.29 is 4.79 Å². The zero-order valence-corrected chi connectivity index (χ0v) is 21.0. The fourth-order valence-corrected chi connectivity index (χ4v) is 4.30. The molecule has 1 saturated heterocycles. The fourth-order valence-electron chi connectivity index (χ4n) is 3.57. The Morgan fingerprint density at radius 1 is 0.727 bits per heavy atom. The quantitative estimate of drug-likeness (QED) is 0.279. The number of carbonyl (C=O) groups is 1. The van der Waals surface area contributed by atoms with Gasteiger partial charge in [0.05, 0.1) is 0 Å². The van der Waals surface area contributed by atoms with Crippen LogP contribution in [0.5, 0.6) is 0 Å². The second-order valence-electron chi connectivity index (χ2n) is 7.60. The second kappa shape index (κ2) is 10.7. The molecular formula is C26H22Br2N4O. The van der Waals surface area contributed by atoms with E-state index in [1.807, 2.05) is 78.0 Å². The number of halogens is 2. The number of amides is 1. The molecule has 1 aliphatic rings. The minimum Gasteiger partial charge on any atom is -0.399 e. The summed E-state index contributed by atoms with van der Waals surface area (Å²) in [6.45, 7) is 0.830. The van der Waals surface area contributed by atoms with Crippen LogP contribution in [0.15, 0.2) is 94.4 Å². The highest BCUT2D eigenvalue weighted by molar-refractivity contribution is 9.10. The number of carbonyl (C=O) groups excluding carboxylic acids is 1. The number of hydrogen-bond donors (Lipinski definition) is 1. The van der Waals surface area contributed by atoms with E-state index in [4.69, 9.17) is 5.73 Å². The highest BCUT2D eigenvalue weighted by atomic mass is 79.9. The third-order valence-electron chi connectivity index (χ3n) is 5.24. The van der Waals surface area contributed by atoms with Gasteiger partial charge in [-0.3, -0.25) is 14.8 Å². The van der Waals surface area contributed by atoms with E-state index in [1.165, 1.54) is 0 Å². The molecule has 2 aromatic carbocycles. The van der Waals surface area contributed by atoms with Gasteiger partial charge >= 0.3 is 0 Å². The van der Waals surface area contributed by atoms with Crippen molar-refractivity contribution in [3.05, 3.63) is 94.4 Å². The Labute approximate surface area is 209 Å². The average molecular weight is 566 g/mol. The first-order chi connectivity index (χ1) is 16.0. The molecule has 1 aliphatic heterocycles. The Bertz CT molecular complexity index is 1240. The van der Waals surface area contributed by atoms with Gasteiger partial charge in [0.2, 0.25) is 5.91 Å². The third-order valence-corrected chi connectivity index (χ3v) is 6.11. The summed E-state index contributed by atoms with van der Waals surface area (Å²) in [5.74, 6) is 0.219. The SMILES string of the molecule is Nc1ccc(-c2cncc(Br)c2)cc1.O=C1CCCN1c1ccc(-c2cncc(Br)c2)cc1. The van der Waals surface area contributed by atoms with Gasteiger partial charge < -0.3 is 10.6 Å². The van der Waals surface area contributed by atoms with Gasteiger partial charge in [-0.25, -0.2) is 0 Å². The molecule has 4 aromatic rings. The molecule has 2 N–H and O–H groups in total. The first kappa shape index (κ1) is 23.1. The summed E-state index contributed by atoms with van der Waals surface area (Å²) in [5, 5.41) is 0. The molecule has 7 heteroatoms. The summed E-state index contributed by atoms with van der Waals surface area (Å²) in [5.41, 5.74) is 11.7. The Balaban J connectivity index is 0.000000165. The molecule has 5 nitrogen and oxygen atoms in total. The Hall–Kier alpha value is -3.03. The van der Waals surface area contributed by atoms with Crippen LogP contribution in [0.2, 0.25) is 0 Å². The van der Waals surface area contributed by atoms with Crippen molar-refractivity contribution in [2.24, 2.45) is 0 Å². The largest absolute Gasteiger partial charge is 0.399 e. The monoisotopic (exact) mass is 564 g/mol. The third kappa shape index (κ3) is 6.06. The van der Waals surface area contributed by atoms with Crippen LogP contribution in [0.4, 0.5) is 11.4 Å². The average Bonchev–Trinajstić information content (AvgIpc) is 3.26. The molecular weight excluding hydrogens is 544 g/mol. The highest BCUT2D eigenvalue weighted by Crippen LogP contribution is 2.27. The standard InChI is InChI=1S/C15H13BrN2O.C11H9BrN2/c16-13-8-12(9-17-10-13)11-3-5-14(6-4-11)18-7-1-2-15(18)19;12-10-5-9(6-14-7-10)8-1-3-11(13)4-2-8/h3-6,8-10H,1-2,7H2;1-7H,13H2. The lowest BCUT2D eigenvalue weighted by atomic mass is 10.1. The van der Waals surface area contributed by atoms with Crippen LogP contribution in [0.25, 0.3) is 22.3 Å².